The molecular formula is C8H19NO2. The Labute approximate surface area is 69.1 Å². The molecule has 0 saturated heterocycles. The molecule has 11 heavy (non-hydrogen) atoms. The van der Waals surface area contributed by atoms with E-state index in [1.807, 2.05) is 20.9 Å². The average Bonchev–Trinajstić information content (AvgIpc) is 2.01. The second-order valence-electron chi connectivity index (χ2n) is 2.23. The van der Waals surface area contributed by atoms with Crippen LogP contribution in [0.2, 0.25) is 0 Å². The Hall–Kier alpha value is -0.120. The summed E-state index contributed by atoms with van der Waals surface area (Å²) in [6, 6.07) is 0. The van der Waals surface area contributed by atoms with Crippen LogP contribution in [0.25, 0.3) is 0 Å². The van der Waals surface area contributed by atoms with Gasteiger partial charge in [0, 0.05) is 19.6 Å². The Kier molecular flexibility index (Phi) is 7.89. The zero-order chi connectivity index (χ0) is 8.53. The second kappa shape index (κ2) is 7.98. The Morgan fingerprint density at radius 2 is 1.73 bits per heavy atom. The van der Waals surface area contributed by atoms with Crippen LogP contribution in [0, 0.1) is 0 Å². The maximum Gasteiger partial charge on any atom is 0.158 e. The quantitative estimate of drug-likeness (QED) is 0.565. The van der Waals surface area contributed by atoms with E-state index in [1.165, 1.54) is 0 Å². The summed E-state index contributed by atoms with van der Waals surface area (Å²) in [6.07, 6.45) is 0.885. The topological polar surface area (TPSA) is 30.5 Å². The van der Waals surface area contributed by atoms with Gasteiger partial charge in [-0.1, -0.05) is 0 Å². The van der Waals surface area contributed by atoms with Gasteiger partial charge in [0.2, 0.25) is 0 Å². The first kappa shape index (κ1) is 10.9. The molecule has 0 amide bonds. The molecule has 0 aromatic carbocycles. The van der Waals surface area contributed by atoms with Crippen molar-refractivity contribution >= 4 is 0 Å². The number of ether oxygens (including phenoxy) is 2. The van der Waals surface area contributed by atoms with Crippen LogP contribution in [0.1, 0.15) is 20.3 Å². The van der Waals surface area contributed by atoms with Crippen LogP contribution >= 0.6 is 0 Å². The van der Waals surface area contributed by atoms with Gasteiger partial charge < -0.3 is 14.8 Å². The molecule has 0 heterocycles. The van der Waals surface area contributed by atoms with Crippen molar-refractivity contribution in [3.8, 4) is 0 Å². The lowest BCUT2D eigenvalue weighted by Crippen LogP contribution is -2.22. The van der Waals surface area contributed by atoms with Crippen LogP contribution in [0.3, 0.4) is 0 Å². The van der Waals surface area contributed by atoms with Crippen LogP contribution in [0.5, 0.6) is 0 Å². The lowest BCUT2D eigenvalue weighted by Gasteiger charge is -2.16. The Bertz CT molecular complexity index is 72.5. The maximum absolute atomic E-state index is 5.32. The molecular weight excluding hydrogens is 142 g/mol. The SMILES string of the molecule is CCOC(CCNC)OCC. The van der Waals surface area contributed by atoms with E-state index in [1.54, 1.807) is 0 Å². The maximum atomic E-state index is 5.32. The molecule has 0 aliphatic heterocycles. The summed E-state index contributed by atoms with van der Waals surface area (Å²) in [7, 11) is 1.93. The molecule has 68 valence electrons. The molecule has 0 atom stereocenters. The molecule has 0 fully saturated rings. The third-order valence-corrected chi connectivity index (χ3v) is 1.34. The van der Waals surface area contributed by atoms with Gasteiger partial charge in [-0.2, -0.15) is 0 Å². The molecule has 0 saturated carbocycles. The Morgan fingerprint density at radius 1 is 1.18 bits per heavy atom. The summed E-state index contributed by atoms with van der Waals surface area (Å²) < 4.78 is 10.6. The summed E-state index contributed by atoms with van der Waals surface area (Å²) in [5.74, 6) is 0. The summed E-state index contributed by atoms with van der Waals surface area (Å²) in [5, 5.41) is 3.05. The van der Waals surface area contributed by atoms with Gasteiger partial charge in [0.25, 0.3) is 0 Å². The lowest BCUT2D eigenvalue weighted by molar-refractivity contribution is -0.138. The smallest absolute Gasteiger partial charge is 0.158 e. The third kappa shape index (κ3) is 6.28. The van der Waals surface area contributed by atoms with Crippen LogP contribution in [-0.4, -0.2) is 33.1 Å². The average molecular weight is 161 g/mol. The van der Waals surface area contributed by atoms with Gasteiger partial charge in [-0.05, 0) is 27.4 Å². The molecule has 0 aliphatic carbocycles. The van der Waals surface area contributed by atoms with Crippen molar-refractivity contribution in [2.24, 2.45) is 0 Å². The summed E-state index contributed by atoms with van der Waals surface area (Å²) >= 11 is 0. The van der Waals surface area contributed by atoms with Crippen molar-refractivity contribution in [2.75, 3.05) is 26.8 Å². The number of hydrogen-bond acceptors (Lipinski definition) is 3. The predicted octanol–water partition coefficient (Wildman–Crippen LogP) is 0.995. The normalized spacial score (nSPS) is 10.9. The van der Waals surface area contributed by atoms with Gasteiger partial charge >= 0.3 is 0 Å². The van der Waals surface area contributed by atoms with E-state index < -0.39 is 0 Å². The highest BCUT2D eigenvalue weighted by Crippen LogP contribution is 1.99. The van der Waals surface area contributed by atoms with Crippen molar-refractivity contribution in [3.05, 3.63) is 0 Å². The minimum atomic E-state index is -0.0301. The van der Waals surface area contributed by atoms with Gasteiger partial charge in [0.05, 0.1) is 0 Å². The van der Waals surface area contributed by atoms with Gasteiger partial charge in [-0.3, -0.25) is 0 Å². The molecule has 0 unspecified atom stereocenters. The van der Waals surface area contributed by atoms with E-state index >= 15 is 0 Å². The molecule has 0 aromatic heterocycles. The molecule has 3 heteroatoms. The Balaban J connectivity index is 3.34. The molecule has 0 spiro atoms. The number of rotatable bonds is 7. The molecule has 0 aliphatic rings. The van der Waals surface area contributed by atoms with Crippen molar-refractivity contribution < 1.29 is 9.47 Å². The predicted molar refractivity (Wildman–Crippen MR) is 45.6 cm³/mol. The van der Waals surface area contributed by atoms with E-state index in [-0.39, 0.29) is 6.29 Å². The fourth-order valence-corrected chi connectivity index (χ4v) is 0.849. The lowest BCUT2D eigenvalue weighted by atomic mass is 10.4. The fourth-order valence-electron chi connectivity index (χ4n) is 0.849. The first-order chi connectivity index (χ1) is 5.35. The molecule has 0 aromatic rings. The highest BCUT2D eigenvalue weighted by atomic mass is 16.7. The number of nitrogens with one attached hydrogen (secondary N) is 1. The molecule has 3 nitrogen and oxygen atoms in total. The van der Waals surface area contributed by atoms with Crippen LogP contribution in [-0.2, 0) is 9.47 Å². The molecule has 1 N–H and O–H groups in total. The number of hydrogen-bond donors (Lipinski definition) is 1. The van der Waals surface area contributed by atoms with Gasteiger partial charge in [-0.25, -0.2) is 0 Å². The first-order valence-corrected chi connectivity index (χ1v) is 4.22. The molecule has 0 rings (SSSR count). The highest BCUT2D eigenvalue weighted by Gasteiger charge is 2.05. The standard InChI is InChI=1S/C8H19NO2/c1-4-10-8(11-5-2)6-7-9-3/h8-9H,4-7H2,1-3H3. The van der Waals surface area contributed by atoms with Crippen molar-refractivity contribution in [1.82, 2.24) is 5.32 Å². The summed E-state index contributed by atoms with van der Waals surface area (Å²) in [5.41, 5.74) is 0. The zero-order valence-electron chi connectivity index (χ0n) is 7.72. The van der Waals surface area contributed by atoms with Gasteiger partial charge in [0.15, 0.2) is 6.29 Å². The summed E-state index contributed by atoms with van der Waals surface area (Å²) in [4.78, 5) is 0. The van der Waals surface area contributed by atoms with E-state index in [0.29, 0.717) is 13.2 Å². The van der Waals surface area contributed by atoms with Crippen LogP contribution in [0.15, 0.2) is 0 Å². The van der Waals surface area contributed by atoms with E-state index in [9.17, 15) is 0 Å². The van der Waals surface area contributed by atoms with E-state index in [0.717, 1.165) is 13.0 Å². The minimum Gasteiger partial charge on any atom is -0.353 e. The monoisotopic (exact) mass is 161 g/mol. The van der Waals surface area contributed by atoms with Gasteiger partial charge in [-0.15, -0.1) is 0 Å². The zero-order valence-corrected chi connectivity index (χ0v) is 7.72. The van der Waals surface area contributed by atoms with Crippen molar-refractivity contribution in [3.63, 3.8) is 0 Å². The Morgan fingerprint density at radius 3 is 2.09 bits per heavy atom. The highest BCUT2D eigenvalue weighted by molar-refractivity contribution is 4.46. The largest absolute Gasteiger partial charge is 0.353 e. The summed E-state index contributed by atoms with van der Waals surface area (Å²) in [6.45, 7) is 6.32. The van der Waals surface area contributed by atoms with Crippen molar-refractivity contribution in [1.29, 1.82) is 0 Å². The first-order valence-electron chi connectivity index (χ1n) is 4.22. The van der Waals surface area contributed by atoms with E-state index in [4.69, 9.17) is 9.47 Å². The third-order valence-electron chi connectivity index (χ3n) is 1.34. The van der Waals surface area contributed by atoms with Crippen LogP contribution < -0.4 is 5.32 Å². The second-order valence-corrected chi connectivity index (χ2v) is 2.23. The molecule has 0 bridgehead atoms. The molecule has 0 radical (unpaired) electrons. The fraction of sp³-hybridized carbons (Fsp3) is 1.00. The van der Waals surface area contributed by atoms with E-state index in [2.05, 4.69) is 5.32 Å². The van der Waals surface area contributed by atoms with Crippen LogP contribution in [0.4, 0.5) is 0 Å². The minimum absolute atomic E-state index is 0.0301. The van der Waals surface area contributed by atoms with Gasteiger partial charge in [0.1, 0.15) is 0 Å². The van der Waals surface area contributed by atoms with Crippen molar-refractivity contribution in [2.45, 2.75) is 26.6 Å².